The van der Waals surface area contributed by atoms with Crippen molar-refractivity contribution in [3.05, 3.63) is 50.8 Å². The molecule has 0 amide bonds. The summed E-state index contributed by atoms with van der Waals surface area (Å²) in [6.45, 7) is 4.23. The fraction of sp³-hybridized carbons (Fsp3) is 0.381. The molecule has 1 aliphatic rings. The van der Waals surface area contributed by atoms with E-state index in [1.165, 1.54) is 11.3 Å². The van der Waals surface area contributed by atoms with Crippen molar-refractivity contribution in [1.29, 1.82) is 0 Å². The van der Waals surface area contributed by atoms with Gasteiger partial charge in [0.1, 0.15) is 10.7 Å². The van der Waals surface area contributed by atoms with Gasteiger partial charge in [0.25, 0.3) is 5.56 Å². The number of fused-ring (bicyclic) bond motifs is 1. The number of piperidine rings is 1. The van der Waals surface area contributed by atoms with Crippen molar-refractivity contribution in [2.45, 2.75) is 26.3 Å². The fourth-order valence-corrected chi connectivity index (χ4v) is 4.87. The quantitative estimate of drug-likeness (QED) is 0.616. The van der Waals surface area contributed by atoms with Crippen molar-refractivity contribution in [1.82, 2.24) is 14.9 Å². The normalized spacial score (nSPS) is 17.5. The van der Waals surface area contributed by atoms with Gasteiger partial charge in [-0.25, -0.2) is 4.98 Å². The van der Waals surface area contributed by atoms with Crippen LogP contribution in [0.25, 0.3) is 21.3 Å². The molecule has 2 aromatic heterocycles. The van der Waals surface area contributed by atoms with Crippen molar-refractivity contribution < 1.29 is 9.53 Å². The average Bonchev–Trinajstić information content (AvgIpc) is 3.13. The number of aromatic nitrogens is 2. The van der Waals surface area contributed by atoms with Gasteiger partial charge in [-0.05, 0) is 44.0 Å². The minimum absolute atomic E-state index is 0.114. The first-order valence-corrected chi connectivity index (χ1v) is 11.0. The third-order valence-corrected chi connectivity index (χ3v) is 6.27. The van der Waals surface area contributed by atoms with Gasteiger partial charge in [-0.2, -0.15) is 0 Å². The predicted octanol–water partition coefficient (Wildman–Crippen LogP) is 4.08. The number of halogens is 1. The van der Waals surface area contributed by atoms with Gasteiger partial charge in [-0.3, -0.25) is 14.5 Å². The molecule has 1 aromatic carbocycles. The Morgan fingerprint density at radius 3 is 2.93 bits per heavy atom. The highest BCUT2D eigenvalue weighted by molar-refractivity contribution is 7.17. The number of thiophene rings is 1. The number of benzene rings is 1. The van der Waals surface area contributed by atoms with Crippen molar-refractivity contribution >= 4 is 39.1 Å². The zero-order valence-corrected chi connectivity index (χ0v) is 17.7. The molecule has 1 fully saturated rings. The molecule has 1 atom stereocenters. The van der Waals surface area contributed by atoms with E-state index >= 15 is 0 Å². The van der Waals surface area contributed by atoms with Crippen LogP contribution in [-0.4, -0.2) is 40.5 Å². The summed E-state index contributed by atoms with van der Waals surface area (Å²) < 4.78 is 5.16. The zero-order valence-electron chi connectivity index (χ0n) is 16.1. The lowest BCUT2D eigenvalue weighted by atomic mass is 9.98. The Bertz CT molecular complexity index is 1080. The van der Waals surface area contributed by atoms with Gasteiger partial charge in [-0.15, -0.1) is 11.3 Å². The molecular formula is C21H22ClN3O3S. The van der Waals surface area contributed by atoms with Gasteiger partial charge >= 0.3 is 5.97 Å². The predicted molar refractivity (Wildman–Crippen MR) is 115 cm³/mol. The number of aromatic amines is 1. The van der Waals surface area contributed by atoms with Crippen LogP contribution < -0.4 is 5.56 Å². The standard InChI is InChI=1S/C21H22ClN3O3S/c1-2-28-21(27)14-4-3-9-25(10-14)11-17-23-19(26)18-16(12-29-20(18)24-17)13-5-7-15(22)8-6-13/h5-8,12,14H,2-4,9-11H2,1H3,(H,23,24,26). The Hall–Kier alpha value is -2.22. The Balaban J connectivity index is 1.56. The maximum absolute atomic E-state index is 12.8. The number of ether oxygens (including phenoxy) is 1. The van der Waals surface area contributed by atoms with Gasteiger partial charge in [-0.1, -0.05) is 23.7 Å². The summed E-state index contributed by atoms with van der Waals surface area (Å²) in [4.78, 5) is 35.3. The van der Waals surface area contributed by atoms with Crippen molar-refractivity contribution in [2.24, 2.45) is 5.92 Å². The molecule has 1 aliphatic heterocycles. The van der Waals surface area contributed by atoms with Crippen LogP contribution in [0.2, 0.25) is 5.02 Å². The Labute approximate surface area is 177 Å². The smallest absolute Gasteiger partial charge is 0.310 e. The maximum atomic E-state index is 12.8. The van der Waals surface area contributed by atoms with Gasteiger partial charge in [0.05, 0.1) is 24.5 Å². The number of hydrogen-bond acceptors (Lipinski definition) is 6. The Morgan fingerprint density at radius 1 is 1.38 bits per heavy atom. The monoisotopic (exact) mass is 431 g/mol. The number of rotatable bonds is 5. The molecule has 3 heterocycles. The molecule has 4 rings (SSSR count). The Kier molecular flexibility index (Phi) is 5.99. The lowest BCUT2D eigenvalue weighted by Gasteiger charge is -2.30. The second-order valence-electron chi connectivity index (χ2n) is 7.18. The fourth-order valence-electron chi connectivity index (χ4n) is 3.77. The number of hydrogen-bond donors (Lipinski definition) is 1. The summed E-state index contributed by atoms with van der Waals surface area (Å²) in [5.41, 5.74) is 1.66. The molecule has 0 aliphatic carbocycles. The molecule has 0 saturated carbocycles. The molecule has 152 valence electrons. The molecule has 0 radical (unpaired) electrons. The maximum Gasteiger partial charge on any atom is 0.310 e. The van der Waals surface area contributed by atoms with Crippen LogP contribution in [0.1, 0.15) is 25.6 Å². The molecule has 1 saturated heterocycles. The van der Waals surface area contributed by atoms with Crippen molar-refractivity contribution in [2.75, 3.05) is 19.7 Å². The molecule has 29 heavy (non-hydrogen) atoms. The van der Waals surface area contributed by atoms with E-state index in [0.717, 1.165) is 30.5 Å². The summed E-state index contributed by atoms with van der Waals surface area (Å²) >= 11 is 7.43. The number of nitrogens with one attached hydrogen (secondary N) is 1. The minimum atomic E-state index is -0.143. The van der Waals surface area contributed by atoms with Crippen LogP contribution in [-0.2, 0) is 16.1 Å². The van der Waals surface area contributed by atoms with E-state index in [4.69, 9.17) is 16.3 Å². The third kappa shape index (κ3) is 4.37. The van der Waals surface area contributed by atoms with Gasteiger partial charge in [0.2, 0.25) is 0 Å². The van der Waals surface area contributed by atoms with Gasteiger partial charge in [0, 0.05) is 22.5 Å². The topological polar surface area (TPSA) is 75.3 Å². The molecule has 3 aromatic rings. The van der Waals surface area contributed by atoms with E-state index < -0.39 is 0 Å². The van der Waals surface area contributed by atoms with Crippen molar-refractivity contribution in [3.8, 4) is 11.1 Å². The second-order valence-corrected chi connectivity index (χ2v) is 8.47. The van der Waals surface area contributed by atoms with Crippen molar-refractivity contribution in [3.63, 3.8) is 0 Å². The highest BCUT2D eigenvalue weighted by Crippen LogP contribution is 2.31. The largest absolute Gasteiger partial charge is 0.466 e. The van der Waals surface area contributed by atoms with E-state index in [-0.39, 0.29) is 17.4 Å². The van der Waals surface area contributed by atoms with Gasteiger partial charge in [0.15, 0.2) is 0 Å². The summed E-state index contributed by atoms with van der Waals surface area (Å²) in [6, 6.07) is 7.43. The van der Waals surface area contributed by atoms with Crippen LogP contribution >= 0.6 is 22.9 Å². The number of carbonyl (C=O) groups is 1. The van der Waals surface area contributed by atoms with E-state index in [1.807, 2.05) is 36.6 Å². The summed E-state index contributed by atoms with van der Waals surface area (Å²) in [6.07, 6.45) is 1.77. The molecular weight excluding hydrogens is 410 g/mol. The highest BCUT2D eigenvalue weighted by Gasteiger charge is 2.27. The molecule has 0 bridgehead atoms. The first kappa shape index (κ1) is 20.1. The third-order valence-electron chi connectivity index (χ3n) is 5.15. The van der Waals surface area contributed by atoms with E-state index in [9.17, 15) is 9.59 Å². The van der Waals surface area contributed by atoms with Gasteiger partial charge < -0.3 is 9.72 Å². The molecule has 0 spiro atoms. The number of esters is 1. The van der Waals surface area contributed by atoms with Crippen LogP contribution in [0.3, 0.4) is 0 Å². The number of nitrogens with zero attached hydrogens (tertiary/aromatic N) is 2. The molecule has 1 N–H and O–H groups in total. The first-order chi connectivity index (χ1) is 14.0. The SMILES string of the molecule is CCOC(=O)C1CCCN(Cc2nc3scc(-c4ccc(Cl)cc4)c3c(=O)[nH]2)C1. The molecule has 1 unspecified atom stereocenters. The van der Waals surface area contributed by atoms with E-state index in [1.54, 1.807) is 0 Å². The molecule has 8 heteroatoms. The summed E-state index contributed by atoms with van der Waals surface area (Å²) in [5, 5.41) is 3.21. The number of carbonyl (C=O) groups excluding carboxylic acids is 1. The summed E-state index contributed by atoms with van der Waals surface area (Å²) in [7, 11) is 0. The second kappa shape index (κ2) is 8.65. The van der Waals surface area contributed by atoms with E-state index in [0.29, 0.717) is 40.8 Å². The van der Waals surface area contributed by atoms with E-state index in [2.05, 4.69) is 14.9 Å². The first-order valence-electron chi connectivity index (χ1n) is 9.70. The lowest BCUT2D eigenvalue weighted by Crippen LogP contribution is -2.39. The van der Waals surface area contributed by atoms with Crippen LogP contribution in [0.5, 0.6) is 0 Å². The summed E-state index contributed by atoms with van der Waals surface area (Å²) in [5.74, 6) is 0.369. The lowest BCUT2D eigenvalue weighted by molar-refractivity contribution is -0.150. The van der Waals surface area contributed by atoms with Crippen LogP contribution in [0.15, 0.2) is 34.4 Å². The highest BCUT2D eigenvalue weighted by atomic mass is 35.5. The number of H-pyrrole nitrogens is 1. The minimum Gasteiger partial charge on any atom is -0.466 e. The Morgan fingerprint density at radius 2 is 2.17 bits per heavy atom. The number of likely N-dealkylation sites (tertiary alicyclic amines) is 1. The van der Waals surface area contributed by atoms with Crippen LogP contribution in [0, 0.1) is 5.92 Å². The zero-order chi connectivity index (χ0) is 20.4. The average molecular weight is 432 g/mol. The molecule has 6 nitrogen and oxygen atoms in total. The van der Waals surface area contributed by atoms with Crippen LogP contribution in [0.4, 0.5) is 0 Å².